The number of benzene rings is 3. The predicted octanol–water partition coefficient (Wildman–Crippen LogP) is 3.76. The lowest BCUT2D eigenvalue weighted by Gasteiger charge is -2.39. The minimum absolute atomic E-state index is 0.121. The normalized spacial score (nSPS) is 13.0. The van der Waals surface area contributed by atoms with Gasteiger partial charge in [0.15, 0.2) is 0 Å². The van der Waals surface area contributed by atoms with Gasteiger partial charge in [-0.3, -0.25) is 14.9 Å². The minimum Gasteiger partial charge on any atom is -0.390 e. The summed E-state index contributed by atoms with van der Waals surface area (Å²) in [5.74, 6) is -0.484. The fraction of sp³-hybridized carbons (Fsp3) is 0.310. The molecule has 6 heteroatoms. The highest BCUT2D eigenvalue weighted by atomic mass is 16.3. The molecule has 0 fully saturated rings. The summed E-state index contributed by atoms with van der Waals surface area (Å²) in [5, 5.41) is 17.4. The summed E-state index contributed by atoms with van der Waals surface area (Å²) in [7, 11) is 1.81. The largest absolute Gasteiger partial charge is 0.390 e. The maximum Gasteiger partial charge on any atom is 0.251 e. The van der Waals surface area contributed by atoms with E-state index in [4.69, 9.17) is 0 Å². The lowest BCUT2D eigenvalue weighted by molar-refractivity contribution is -0.141. The zero-order valence-electron chi connectivity index (χ0n) is 20.6. The van der Waals surface area contributed by atoms with Gasteiger partial charge in [-0.2, -0.15) is 0 Å². The SMILES string of the molecule is CNC(C)(C)N(Cc1ccccc1)C(=O)CC(O)[C@H](Cc1ccccc1)NC(=O)c1ccccc1. The van der Waals surface area contributed by atoms with Gasteiger partial charge in [-0.1, -0.05) is 78.9 Å². The number of rotatable bonds is 11. The molecule has 3 N–H and O–H groups in total. The first-order valence-electron chi connectivity index (χ1n) is 11.9. The highest BCUT2D eigenvalue weighted by Crippen LogP contribution is 2.19. The van der Waals surface area contributed by atoms with Crippen molar-refractivity contribution in [1.82, 2.24) is 15.5 Å². The number of nitrogens with one attached hydrogen (secondary N) is 2. The molecular formula is C29H35N3O3. The molecule has 1 unspecified atom stereocenters. The first-order valence-corrected chi connectivity index (χ1v) is 11.9. The van der Waals surface area contributed by atoms with Crippen LogP contribution in [0.2, 0.25) is 0 Å². The van der Waals surface area contributed by atoms with E-state index in [9.17, 15) is 14.7 Å². The molecule has 2 atom stereocenters. The van der Waals surface area contributed by atoms with Crippen molar-refractivity contribution in [3.05, 3.63) is 108 Å². The van der Waals surface area contributed by atoms with Crippen LogP contribution in [0.25, 0.3) is 0 Å². The van der Waals surface area contributed by atoms with Crippen LogP contribution >= 0.6 is 0 Å². The Balaban J connectivity index is 1.79. The number of hydrogen-bond donors (Lipinski definition) is 3. The van der Waals surface area contributed by atoms with Crippen molar-refractivity contribution in [3.63, 3.8) is 0 Å². The van der Waals surface area contributed by atoms with Crippen LogP contribution < -0.4 is 10.6 Å². The molecule has 0 saturated carbocycles. The molecule has 0 heterocycles. The van der Waals surface area contributed by atoms with Crippen molar-refractivity contribution in [2.45, 2.75) is 51.0 Å². The molecular weight excluding hydrogens is 438 g/mol. The van der Waals surface area contributed by atoms with E-state index >= 15 is 0 Å². The monoisotopic (exact) mass is 473 g/mol. The first kappa shape index (κ1) is 26.1. The lowest BCUT2D eigenvalue weighted by atomic mass is 9.97. The Labute approximate surface area is 208 Å². The molecule has 0 aliphatic heterocycles. The molecule has 184 valence electrons. The fourth-order valence-electron chi connectivity index (χ4n) is 3.92. The van der Waals surface area contributed by atoms with E-state index in [2.05, 4.69) is 10.6 Å². The highest BCUT2D eigenvalue weighted by molar-refractivity contribution is 5.94. The number of nitrogens with zero attached hydrogens (tertiary/aromatic N) is 1. The van der Waals surface area contributed by atoms with E-state index in [1.54, 1.807) is 36.2 Å². The molecule has 0 aliphatic rings. The average molecular weight is 474 g/mol. The summed E-state index contributed by atoms with van der Waals surface area (Å²) in [4.78, 5) is 28.1. The van der Waals surface area contributed by atoms with E-state index < -0.39 is 17.8 Å². The molecule has 6 nitrogen and oxygen atoms in total. The van der Waals surface area contributed by atoms with Gasteiger partial charge in [0, 0.05) is 12.1 Å². The summed E-state index contributed by atoms with van der Waals surface area (Å²) in [5.41, 5.74) is 1.84. The molecule has 0 saturated heterocycles. The highest BCUT2D eigenvalue weighted by Gasteiger charge is 2.33. The Bertz CT molecular complexity index is 1070. The Hall–Kier alpha value is -3.48. The van der Waals surface area contributed by atoms with Crippen LogP contribution in [-0.2, 0) is 17.8 Å². The number of carbonyl (C=O) groups excluding carboxylic acids is 2. The topological polar surface area (TPSA) is 81.7 Å². The van der Waals surface area contributed by atoms with Gasteiger partial charge in [-0.25, -0.2) is 0 Å². The fourth-order valence-corrected chi connectivity index (χ4v) is 3.92. The summed E-state index contributed by atoms with van der Waals surface area (Å²) >= 11 is 0. The molecule has 3 aromatic carbocycles. The van der Waals surface area contributed by atoms with E-state index in [1.165, 1.54) is 0 Å². The summed E-state index contributed by atoms with van der Waals surface area (Å²) < 4.78 is 0. The second kappa shape index (κ2) is 12.3. The van der Waals surface area contributed by atoms with Crippen molar-refractivity contribution in [1.29, 1.82) is 0 Å². The molecule has 0 bridgehead atoms. The van der Waals surface area contributed by atoms with Crippen molar-refractivity contribution in [3.8, 4) is 0 Å². The van der Waals surface area contributed by atoms with Gasteiger partial charge in [-0.15, -0.1) is 0 Å². The Kier molecular flexibility index (Phi) is 9.18. The molecule has 0 radical (unpaired) electrons. The molecule has 3 aromatic rings. The van der Waals surface area contributed by atoms with Crippen molar-refractivity contribution in [2.75, 3.05) is 7.05 Å². The van der Waals surface area contributed by atoms with Crippen molar-refractivity contribution < 1.29 is 14.7 Å². The zero-order chi connectivity index (χ0) is 25.3. The zero-order valence-corrected chi connectivity index (χ0v) is 20.6. The smallest absolute Gasteiger partial charge is 0.251 e. The minimum atomic E-state index is -1.07. The number of hydrogen-bond acceptors (Lipinski definition) is 4. The summed E-state index contributed by atoms with van der Waals surface area (Å²) in [6.07, 6.45) is -0.784. The van der Waals surface area contributed by atoms with Gasteiger partial charge >= 0.3 is 0 Å². The Morgan fingerprint density at radius 2 is 1.37 bits per heavy atom. The third-order valence-corrected chi connectivity index (χ3v) is 6.27. The number of carbonyl (C=O) groups is 2. The molecule has 0 spiro atoms. The van der Waals surface area contributed by atoms with Crippen LogP contribution in [0.15, 0.2) is 91.0 Å². The van der Waals surface area contributed by atoms with Gasteiger partial charge in [0.25, 0.3) is 5.91 Å². The van der Waals surface area contributed by atoms with Crippen molar-refractivity contribution >= 4 is 11.8 Å². The third kappa shape index (κ3) is 7.50. The quantitative estimate of drug-likeness (QED) is 0.371. The summed E-state index contributed by atoms with van der Waals surface area (Å²) in [6.45, 7) is 4.26. The molecule has 0 aromatic heterocycles. The van der Waals surface area contributed by atoms with E-state index in [0.717, 1.165) is 11.1 Å². The van der Waals surface area contributed by atoms with E-state index in [0.29, 0.717) is 18.5 Å². The second-order valence-electron chi connectivity index (χ2n) is 9.18. The number of aliphatic hydroxyl groups is 1. The third-order valence-electron chi connectivity index (χ3n) is 6.27. The van der Waals surface area contributed by atoms with E-state index in [-0.39, 0.29) is 18.2 Å². The average Bonchev–Trinajstić information content (AvgIpc) is 2.88. The maximum atomic E-state index is 13.5. The van der Waals surface area contributed by atoms with Gasteiger partial charge in [0.1, 0.15) is 0 Å². The molecule has 0 aliphatic carbocycles. The molecule has 2 amide bonds. The first-order chi connectivity index (χ1) is 16.8. The lowest BCUT2D eigenvalue weighted by Crippen LogP contribution is -2.56. The van der Waals surface area contributed by atoms with Gasteiger partial charge in [-0.05, 0) is 50.6 Å². The van der Waals surface area contributed by atoms with Gasteiger partial charge < -0.3 is 15.3 Å². The van der Waals surface area contributed by atoms with Crippen LogP contribution in [0.3, 0.4) is 0 Å². The van der Waals surface area contributed by atoms with Crippen LogP contribution in [0.4, 0.5) is 0 Å². The number of amides is 2. The van der Waals surface area contributed by atoms with Gasteiger partial charge in [0.2, 0.25) is 5.91 Å². The summed E-state index contributed by atoms with van der Waals surface area (Å²) in [6, 6.07) is 27.7. The van der Waals surface area contributed by atoms with Crippen molar-refractivity contribution in [2.24, 2.45) is 0 Å². The van der Waals surface area contributed by atoms with Crippen LogP contribution in [0, 0.1) is 0 Å². The molecule has 35 heavy (non-hydrogen) atoms. The molecule has 3 rings (SSSR count). The maximum absolute atomic E-state index is 13.5. The van der Waals surface area contributed by atoms with Crippen LogP contribution in [0.5, 0.6) is 0 Å². The second-order valence-corrected chi connectivity index (χ2v) is 9.18. The number of aliphatic hydroxyl groups excluding tert-OH is 1. The Morgan fingerprint density at radius 1 is 0.857 bits per heavy atom. The standard InChI is InChI=1S/C29H35N3O3/c1-29(2,30-3)32(21-23-15-9-5-10-16-23)27(34)20-26(33)25(19-22-13-7-4-8-14-22)31-28(35)24-17-11-6-12-18-24/h4-18,25-26,30,33H,19-21H2,1-3H3,(H,31,35)/t25-,26?/m0/s1. The van der Waals surface area contributed by atoms with E-state index in [1.807, 2.05) is 80.6 Å². The Morgan fingerprint density at radius 3 is 1.91 bits per heavy atom. The van der Waals surface area contributed by atoms with Gasteiger partial charge in [0.05, 0.1) is 24.2 Å². The predicted molar refractivity (Wildman–Crippen MR) is 139 cm³/mol. The van der Waals surface area contributed by atoms with Crippen LogP contribution in [0.1, 0.15) is 41.8 Å². The van der Waals surface area contributed by atoms with Crippen LogP contribution in [-0.4, -0.2) is 46.7 Å².